The Balaban J connectivity index is 2.45. The Kier molecular flexibility index (Phi) is 4.94. The maximum absolute atomic E-state index is 12.7. The van der Waals surface area contributed by atoms with Gasteiger partial charge in [0.2, 0.25) is 0 Å². The van der Waals surface area contributed by atoms with Crippen LogP contribution in [-0.4, -0.2) is 18.3 Å². The highest BCUT2D eigenvalue weighted by molar-refractivity contribution is 5.22. The molecule has 0 spiro atoms. The van der Waals surface area contributed by atoms with E-state index in [2.05, 4.69) is 20.8 Å². The lowest BCUT2D eigenvalue weighted by Crippen LogP contribution is -2.22. The second-order valence-electron chi connectivity index (χ2n) is 5.58. The van der Waals surface area contributed by atoms with E-state index in [9.17, 15) is 9.50 Å². The molecule has 0 aliphatic rings. The summed E-state index contributed by atoms with van der Waals surface area (Å²) in [5.41, 5.74) is 0.166. The van der Waals surface area contributed by atoms with Crippen LogP contribution in [0.15, 0.2) is 24.3 Å². The van der Waals surface area contributed by atoms with Crippen molar-refractivity contribution in [1.29, 1.82) is 0 Å². The molecule has 0 bridgehead atoms. The highest BCUT2D eigenvalue weighted by Gasteiger charge is 2.18. The van der Waals surface area contributed by atoms with Crippen LogP contribution < -0.4 is 4.74 Å². The molecule has 3 heteroatoms. The molecule has 0 aliphatic heterocycles. The SMILES string of the molecule is CC(C)(C)CC(CO)COc1ccc(F)cc1. The molecule has 0 amide bonds. The molecule has 1 unspecified atom stereocenters. The smallest absolute Gasteiger partial charge is 0.123 e. The van der Waals surface area contributed by atoms with Crippen molar-refractivity contribution in [2.75, 3.05) is 13.2 Å². The highest BCUT2D eigenvalue weighted by atomic mass is 19.1. The van der Waals surface area contributed by atoms with E-state index in [1.54, 1.807) is 12.1 Å². The minimum atomic E-state index is -0.272. The molecule has 96 valence electrons. The second-order valence-corrected chi connectivity index (χ2v) is 5.58. The van der Waals surface area contributed by atoms with Crippen molar-refractivity contribution >= 4 is 0 Å². The molecule has 1 rings (SSSR count). The maximum atomic E-state index is 12.7. The minimum absolute atomic E-state index is 0.110. The van der Waals surface area contributed by atoms with Crippen LogP contribution in [0.3, 0.4) is 0 Å². The van der Waals surface area contributed by atoms with E-state index in [0.717, 1.165) is 6.42 Å². The maximum Gasteiger partial charge on any atom is 0.123 e. The Labute approximate surface area is 102 Å². The summed E-state index contributed by atoms with van der Waals surface area (Å²) in [6.07, 6.45) is 0.894. The lowest BCUT2D eigenvalue weighted by atomic mass is 9.85. The number of hydrogen-bond donors (Lipinski definition) is 1. The molecule has 0 saturated carbocycles. The first-order chi connectivity index (χ1) is 7.90. The first-order valence-electron chi connectivity index (χ1n) is 5.90. The van der Waals surface area contributed by atoms with Crippen LogP contribution in [0.4, 0.5) is 4.39 Å². The molecule has 0 radical (unpaired) electrons. The summed E-state index contributed by atoms with van der Waals surface area (Å²) in [6, 6.07) is 5.93. The molecule has 1 aromatic rings. The van der Waals surface area contributed by atoms with Crippen LogP contribution in [0.1, 0.15) is 27.2 Å². The van der Waals surface area contributed by atoms with Crippen molar-refractivity contribution in [2.24, 2.45) is 11.3 Å². The van der Waals surface area contributed by atoms with E-state index >= 15 is 0 Å². The predicted molar refractivity (Wildman–Crippen MR) is 66.5 cm³/mol. The zero-order valence-corrected chi connectivity index (χ0v) is 10.7. The summed E-state index contributed by atoms with van der Waals surface area (Å²) in [4.78, 5) is 0. The van der Waals surface area contributed by atoms with Gasteiger partial charge in [-0.05, 0) is 36.1 Å². The molecule has 1 aromatic carbocycles. The zero-order chi connectivity index (χ0) is 12.9. The number of hydrogen-bond acceptors (Lipinski definition) is 2. The van der Waals surface area contributed by atoms with Crippen LogP contribution in [0.2, 0.25) is 0 Å². The van der Waals surface area contributed by atoms with Gasteiger partial charge in [-0.2, -0.15) is 0 Å². The molecule has 17 heavy (non-hydrogen) atoms. The first kappa shape index (κ1) is 14.0. The fourth-order valence-electron chi connectivity index (χ4n) is 1.79. The van der Waals surface area contributed by atoms with Crippen molar-refractivity contribution in [1.82, 2.24) is 0 Å². The molecular formula is C14H21FO2. The molecular weight excluding hydrogens is 219 g/mol. The van der Waals surface area contributed by atoms with Gasteiger partial charge in [-0.25, -0.2) is 4.39 Å². The van der Waals surface area contributed by atoms with Gasteiger partial charge in [0.15, 0.2) is 0 Å². The number of ether oxygens (including phenoxy) is 1. The quantitative estimate of drug-likeness (QED) is 0.856. The Hall–Kier alpha value is -1.09. The van der Waals surface area contributed by atoms with Gasteiger partial charge in [-0.1, -0.05) is 20.8 Å². The molecule has 1 N–H and O–H groups in total. The van der Waals surface area contributed by atoms with Gasteiger partial charge in [-0.15, -0.1) is 0 Å². The van der Waals surface area contributed by atoms with Gasteiger partial charge in [-0.3, -0.25) is 0 Å². The molecule has 2 nitrogen and oxygen atoms in total. The molecule has 1 atom stereocenters. The number of rotatable bonds is 5. The predicted octanol–water partition coefficient (Wildman–Crippen LogP) is 3.25. The van der Waals surface area contributed by atoms with Gasteiger partial charge < -0.3 is 9.84 Å². The fraction of sp³-hybridized carbons (Fsp3) is 0.571. The third kappa shape index (κ3) is 5.68. The molecule has 0 fully saturated rings. The Morgan fingerprint density at radius 2 is 1.82 bits per heavy atom. The van der Waals surface area contributed by atoms with Crippen LogP contribution in [0, 0.1) is 17.2 Å². The van der Waals surface area contributed by atoms with E-state index < -0.39 is 0 Å². The van der Waals surface area contributed by atoms with Gasteiger partial charge in [0.05, 0.1) is 6.61 Å². The molecule has 0 aliphatic carbocycles. The van der Waals surface area contributed by atoms with Crippen molar-refractivity contribution < 1.29 is 14.2 Å². The largest absolute Gasteiger partial charge is 0.493 e. The Morgan fingerprint density at radius 3 is 2.29 bits per heavy atom. The minimum Gasteiger partial charge on any atom is -0.493 e. The summed E-state index contributed by atoms with van der Waals surface area (Å²) < 4.78 is 18.2. The lowest BCUT2D eigenvalue weighted by molar-refractivity contribution is 0.126. The van der Waals surface area contributed by atoms with Crippen molar-refractivity contribution in [3.63, 3.8) is 0 Å². The zero-order valence-electron chi connectivity index (χ0n) is 10.7. The fourth-order valence-corrected chi connectivity index (χ4v) is 1.79. The highest BCUT2D eigenvalue weighted by Crippen LogP contribution is 2.24. The summed E-state index contributed by atoms with van der Waals surface area (Å²) >= 11 is 0. The average molecular weight is 240 g/mol. The average Bonchev–Trinajstić information content (AvgIpc) is 2.25. The number of halogens is 1. The van der Waals surface area contributed by atoms with E-state index in [4.69, 9.17) is 4.74 Å². The van der Waals surface area contributed by atoms with E-state index in [1.807, 2.05) is 0 Å². The second kappa shape index (κ2) is 6.01. The van der Waals surface area contributed by atoms with E-state index in [0.29, 0.717) is 12.4 Å². The van der Waals surface area contributed by atoms with Gasteiger partial charge in [0.1, 0.15) is 11.6 Å². The third-order valence-corrected chi connectivity index (χ3v) is 2.46. The van der Waals surface area contributed by atoms with Gasteiger partial charge in [0.25, 0.3) is 0 Å². The monoisotopic (exact) mass is 240 g/mol. The number of aliphatic hydroxyl groups is 1. The summed E-state index contributed by atoms with van der Waals surface area (Å²) in [7, 11) is 0. The summed E-state index contributed by atoms with van der Waals surface area (Å²) in [6.45, 7) is 6.96. The van der Waals surface area contributed by atoms with E-state index in [1.165, 1.54) is 12.1 Å². The van der Waals surface area contributed by atoms with Crippen molar-refractivity contribution in [3.05, 3.63) is 30.1 Å². The Bertz CT molecular complexity index is 327. The molecule has 0 heterocycles. The third-order valence-electron chi connectivity index (χ3n) is 2.46. The van der Waals surface area contributed by atoms with Gasteiger partial charge >= 0.3 is 0 Å². The van der Waals surface area contributed by atoms with Gasteiger partial charge in [0, 0.05) is 12.5 Å². The normalized spacial score (nSPS) is 13.5. The van der Waals surface area contributed by atoms with Crippen molar-refractivity contribution in [2.45, 2.75) is 27.2 Å². The van der Waals surface area contributed by atoms with Crippen molar-refractivity contribution in [3.8, 4) is 5.75 Å². The lowest BCUT2D eigenvalue weighted by Gasteiger charge is -2.24. The topological polar surface area (TPSA) is 29.5 Å². The standard InChI is InChI=1S/C14H21FO2/c1-14(2,3)8-11(9-16)10-17-13-6-4-12(15)5-7-13/h4-7,11,16H,8-10H2,1-3H3. The van der Waals surface area contributed by atoms with Crippen LogP contribution >= 0.6 is 0 Å². The molecule has 0 aromatic heterocycles. The molecule has 0 saturated heterocycles. The van der Waals surface area contributed by atoms with Crippen LogP contribution in [0.25, 0.3) is 0 Å². The first-order valence-corrected chi connectivity index (χ1v) is 5.90. The Morgan fingerprint density at radius 1 is 1.24 bits per heavy atom. The number of aliphatic hydroxyl groups excluding tert-OH is 1. The van der Waals surface area contributed by atoms with E-state index in [-0.39, 0.29) is 23.8 Å². The van der Waals surface area contributed by atoms with Crippen LogP contribution in [0.5, 0.6) is 5.75 Å². The number of benzene rings is 1. The summed E-state index contributed by atoms with van der Waals surface area (Å²) in [5, 5.41) is 9.27. The summed E-state index contributed by atoms with van der Waals surface area (Å²) in [5.74, 6) is 0.476. The van der Waals surface area contributed by atoms with Crippen LogP contribution in [-0.2, 0) is 0 Å².